The molecule has 0 unspecified atom stereocenters. The number of carbonyl (C=O) groups excluding carboxylic acids is 6. The number of hydrogen-bond acceptors (Lipinski definition) is 13. The largest absolute Gasteiger partial charge is 0.491 e. The number of hydrogen-bond donors (Lipinski definition) is 5. The number of cyclic esters (lactones) is 1. The summed E-state index contributed by atoms with van der Waals surface area (Å²) in [5.41, 5.74) is 6.80. The molecule has 0 radical (unpaired) electrons. The van der Waals surface area contributed by atoms with Gasteiger partial charge in [0.1, 0.15) is 36.0 Å². The summed E-state index contributed by atoms with van der Waals surface area (Å²) >= 11 is 0. The van der Waals surface area contributed by atoms with Crippen LogP contribution in [-0.2, 0) is 38.8 Å². The summed E-state index contributed by atoms with van der Waals surface area (Å²) in [4.78, 5) is 93.3. The average molecular weight is 1000 g/mol. The number of aliphatic hydroxyl groups is 1. The Bertz CT molecular complexity index is 2960. The second-order valence-corrected chi connectivity index (χ2v) is 18.6. The van der Waals surface area contributed by atoms with E-state index in [2.05, 4.69) is 32.7 Å². The molecule has 0 aliphatic carbocycles. The maximum atomic E-state index is 16.7. The number of carbonyl (C=O) groups is 6. The van der Waals surface area contributed by atoms with E-state index >= 15 is 19.2 Å². The lowest BCUT2D eigenvalue weighted by molar-refractivity contribution is -0.177. The van der Waals surface area contributed by atoms with Crippen LogP contribution in [0.15, 0.2) is 127 Å². The summed E-state index contributed by atoms with van der Waals surface area (Å²) in [6, 6.07) is 30.8. The van der Waals surface area contributed by atoms with Gasteiger partial charge in [-0.05, 0) is 82.8 Å². The van der Waals surface area contributed by atoms with Crippen molar-refractivity contribution < 1.29 is 52.8 Å². The molecule has 0 saturated carbocycles. The fourth-order valence-corrected chi connectivity index (χ4v) is 10.8. The van der Waals surface area contributed by atoms with Crippen molar-refractivity contribution >= 4 is 52.9 Å². The maximum absolute atomic E-state index is 16.7. The zero-order chi connectivity index (χ0) is 52.1. The number of ether oxygens (including phenoxy) is 4. The minimum Gasteiger partial charge on any atom is -0.491 e. The van der Waals surface area contributed by atoms with Gasteiger partial charge in [0.2, 0.25) is 11.8 Å². The molecule has 74 heavy (non-hydrogen) atoms. The predicted octanol–water partition coefficient (Wildman–Crippen LogP) is 5.13. The lowest BCUT2D eigenvalue weighted by atomic mass is 9.65. The summed E-state index contributed by atoms with van der Waals surface area (Å²) in [7, 11) is 1.19. The van der Waals surface area contributed by atoms with Crippen LogP contribution in [0.4, 0.5) is 26.7 Å². The molecule has 9 rings (SSSR count). The zero-order valence-corrected chi connectivity index (χ0v) is 41.1. The molecule has 382 valence electrons. The average Bonchev–Trinajstić information content (AvgIpc) is 3.88. The van der Waals surface area contributed by atoms with Crippen molar-refractivity contribution in [2.24, 2.45) is 17.6 Å². The molecule has 5 aromatic carbocycles. The summed E-state index contributed by atoms with van der Waals surface area (Å²) in [5, 5.41) is 17.9. The molecule has 18 nitrogen and oxygen atoms in total. The number of nitrogens with two attached hydrogens (primary N) is 1. The van der Waals surface area contributed by atoms with E-state index in [9.17, 15) is 14.7 Å². The molecule has 4 aliphatic rings. The molecule has 3 fully saturated rings. The van der Waals surface area contributed by atoms with Crippen molar-refractivity contribution in [2.75, 3.05) is 68.3 Å². The lowest BCUT2D eigenvalue weighted by Gasteiger charge is -2.46. The van der Waals surface area contributed by atoms with Gasteiger partial charge in [0.15, 0.2) is 0 Å². The topological polar surface area (TPSA) is 231 Å². The Kier molecular flexibility index (Phi) is 15.0. The number of rotatable bonds is 13. The first-order valence-electron chi connectivity index (χ1n) is 24.4. The van der Waals surface area contributed by atoms with Crippen LogP contribution in [0, 0.1) is 23.7 Å². The van der Waals surface area contributed by atoms with Crippen LogP contribution in [0.1, 0.15) is 59.9 Å². The molecule has 18 heteroatoms. The number of primary amides is 1. The van der Waals surface area contributed by atoms with Gasteiger partial charge in [-0.15, -0.1) is 0 Å². The minimum atomic E-state index is -2.18. The molecule has 0 bridgehead atoms. The van der Waals surface area contributed by atoms with Gasteiger partial charge in [0.05, 0.1) is 57.2 Å². The van der Waals surface area contributed by atoms with E-state index < -0.39 is 83.3 Å². The summed E-state index contributed by atoms with van der Waals surface area (Å²) < 4.78 is 23.1. The number of nitrogens with one attached hydrogen (secondary N) is 3. The molecular formula is C56H57N7O11. The summed E-state index contributed by atoms with van der Waals surface area (Å²) in [5.74, 6) is 1.00. The number of benzene rings is 5. The van der Waals surface area contributed by atoms with E-state index in [1.165, 1.54) is 13.2 Å². The number of fused-ring (bicyclic) bond motifs is 3. The lowest BCUT2D eigenvalue weighted by Crippen LogP contribution is -2.57. The quantitative estimate of drug-likeness (QED) is 0.0763. The highest BCUT2D eigenvalue weighted by atomic mass is 16.6. The van der Waals surface area contributed by atoms with Gasteiger partial charge in [-0.25, -0.2) is 19.3 Å². The Balaban J connectivity index is 1.32. The highest BCUT2D eigenvalue weighted by Gasteiger charge is 2.75. The van der Waals surface area contributed by atoms with Crippen LogP contribution >= 0.6 is 0 Å². The van der Waals surface area contributed by atoms with Gasteiger partial charge >= 0.3 is 24.0 Å². The van der Waals surface area contributed by atoms with Crippen molar-refractivity contribution in [1.29, 1.82) is 0 Å². The Labute approximate surface area is 428 Å². The van der Waals surface area contributed by atoms with Crippen LogP contribution in [0.25, 0.3) is 0 Å². The van der Waals surface area contributed by atoms with Crippen molar-refractivity contribution in [2.45, 2.75) is 49.5 Å². The predicted molar refractivity (Wildman–Crippen MR) is 273 cm³/mol. The van der Waals surface area contributed by atoms with Crippen LogP contribution in [0.2, 0.25) is 0 Å². The third kappa shape index (κ3) is 9.60. The first kappa shape index (κ1) is 50.7. The van der Waals surface area contributed by atoms with Crippen LogP contribution in [0.3, 0.4) is 0 Å². The monoisotopic (exact) mass is 1000 g/mol. The van der Waals surface area contributed by atoms with Gasteiger partial charge in [-0.1, -0.05) is 98.5 Å². The highest BCUT2D eigenvalue weighted by Crippen LogP contribution is 2.66. The molecule has 3 saturated heterocycles. The van der Waals surface area contributed by atoms with Crippen molar-refractivity contribution in [3.05, 3.63) is 155 Å². The third-order valence-corrected chi connectivity index (χ3v) is 14.0. The van der Waals surface area contributed by atoms with Gasteiger partial charge in [-0.3, -0.25) is 19.3 Å². The normalized spacial score (nSPS) is 22.4. The molecule has 1 spiro atoms. The number of amides is 6. The number of morpholine rings is 2. The Morgan fingerprint density at radius 1 is 0.851 bits per heavy atom. The second-order valence-electron chi connectivity index (χ2n) is 18.6. The van der Waals surface area contributed by atoms with Crippen LogP contribution in [-0.4, -0.2) is 111 Å². The minimum absolute atomic E-state index is 0.00505. The van der Waals surface area contributed by atoms with Crippen molar-refractivity contribution in [3.8, 4) is 17.6 Å². The number of esters is 2. The SMILES string of the molecule is COC(=O)[C@@H](NC(=O)N1C(=O)[C@@]2(c3cc(C#CCNC(N)=O)ccc31)[C@H](c1ccc(OCCO)cc1)N1[C@H](c3ccccc3)[C@H](c3ccccc3)OC(=O)[C@H]1[C@@H]2C(=O)Nc1ccc(N2CCOCC2)cc1)C(C)C. The molecule has 6 amide bonds. The van der Waals surface area contributed by atoms with E-state index in [1.54, 1.807) is 62.4 Å². The van der Waals surface area contributed by atoms with Crippen LogP contribution < -0.4 is 36.2 Å². The molecule has 7 atom stereocenters. The van der Waals surface area contributed by atoms with Crippen molar-refractivity contribution in [3.63, 3.8) is 0 Å². The van der Waals surface area contributed by atoms with Gasteiger partial charge < -0.3 is 50.6 Å². The number of urea groups is 2. The number of methoxy groups -OCH3 is 1. The molecule has 0 aromatic heterocycles. The molecule has 5 aromatic rings. The van der Waals surface area contributed by atoms with Gasteiger partial charge in [0, 0.05) is 30.0 Å². The standard InChI is InChI=1S/C56H57N7O11/c1-34(2)45(51(66)71-3)60-55(70)62-43-25-16-35(11-10-26-58-54(57)69)33-42(43)56(53(62)68)44(50(65)59-39-19-21-40(22-20-39)61-27-30-72-31-28-61)47-52(67)74-48(37-14-8-5-9-15-37)46(36-12-6-4-7-13-36)63(47)49(56)38-17-23-41(24-18-38)73-32-29-64/h4-9,12-25,33-34,44-49,64H,26-32H2,1-3H3,(H,59,65)(H,60,70)(H3,57,58,69)/t44-,45+,46-,47-,48+,49+,56-/m1/s1. The smallest absolute Gasteiger partial charge is 0.329 e. The molecule has 6 N–H and O–H groups in total. The molecule has 4 heterocycles. The van der Waals surface area contributed by atoms with E-state index in [0.29, 0.717) is 60.0 Å². The second kappa shape index (κ2) is 21.9. The number of imide groups is 1. The van der Waals surface area contributed by atoms with Gasteiger partial charge in [-0.2, -0.15) is 0 Å². The Morgan fingerprint density at radius 2 is 1.53 bits per heavy atom. The summed E-state index contributed by atoms with van der Waals surface area (Å²) in [6.07, 6.45) is -0.985. The fourth-order valence-electron chi connectivity index (χ4n) is 10.8. The maximum Gasteiger partial charge on any atom is 0.329 e. The summed E-state index contributed by atoms with van der Waals surface area (Å²) in [6.45, 7) is 5.53. The number of aliphatic hydroxyl groups excluding tert-OH is 1. The number of anilines is 3. The first-order chi connectivity index (χ1) is 35.9. The Hall–Kier alpha value is -8.24. The number of nitrogens with zero attached hydrogens (tertiary/aromatic N) is 3. The third-order valence-electron chi connectivity index (χ3n) is 14.0. The van der Waals surface area contributed by atoms with Crippen molar-refractivity contribution in [1.82, 2.24) is 15.5 Å². The van der Waals surface area contributed by atoms with E-state index in [1.807, 2.05) is 77.7 Å². The Morgan fingerprint density at radius 3 is 2.16 bits per heavy atom. The van der Waals surface area contributed by atoms with Gasteiger partial charge in [0.25, 0.3) is 0 Å². The highest BCUT2D eigenvalue weighted by molar-refractivity contribution is 6.25. The van der Waals surface area contributed by atoms with E-state index in [-0.39, 0.29) is 31.0 Å². The fraction of sp³-hybridized carbons (Fsp3) is 0.321. The zero-order valence-electron chi connectivity index (χ0n) is 41.1. The van der Waals surface area contributed by atoms with E-state index in [0.717, 1.165) is 10.6 Å². The molecular weight excluding hydrogens is 947 g/mol. The molecule has 4 aliphatic heterocycles. The van der Waals surface area contributed by atoms with Crippen LogP contribution in [0.5, 0.6) is 5.75 Å². The first-order valence-corrected chi connectivity index (χ1v) is 24.4. The van der Waals surface area contributed by atoms with E-state index in [4.69, 9.17) is 24.7 Å².